The van der Waals surface area contributed by atoms with Crippen LogP contribution in [0.3, 0.4) is 0 Å². The van der Waals surface area contributed by atoms with Gasteiger partial charge in [0.2, 0.25) is 0 Å². The van der Waals surface area contributed by atoms with Crippen molar-refractivity contribution in [2.24, 2.45) is 0 Å². The second-order valence-electron chi connectivity index (χ2n) is 4.90. The van der Waals surface area contributed by atoms with Crippen LogP contribution in [0.15, 0.2) is 49.1 Å². The molecular weight excluding hydrogens is 196 g/mol. The summed E-state index contributed by atoms with van der Waals surface area (Å²) in [5.41, 5.74) is 2.57. The average Bonchev–Trinajstić information content (AvgIpc) is 2.29. The minimum absolute atomic E-state index is 0.136. The van der Waals surface area contributed by atoms with E-state index in [2.05, 4.69) is 54.8 Å². The maximum atomic E-state index is 4.02. The molecule has 2 heteroatoms. The highest BCUT2D eigenvalue weighted by Gasteiger charge is 2.20. The van der Waals surface area contributed by atoms with E-state index in [1.54, 1.807) is 0 Å². The number of rotatable bonds is 1. The quantitative estimate of drug-likeness (QED) is 0.666. The molecule has 16 heavy (non-hydrogen) atoms. The molecular formula is C14H17N2+. The third-order valence-electron chi connectivity index (χ3n) is 2.62. The van der Waals surface area contributed by atoms with Gasteiger partial charge in [0, 0.05) is 45.3 Å². The Morgan fingerprint density at radius 1 is 0.875 bits per heavy atom. The zero-order valence-corrected chi connectivity index (χ0v) is 10.0. The maximum Gasteiger partial charge on any atom is 0.169 e. The Morgan fingerprint density at radius 2 is 1.38 bits per heavy atom. The zero-order valence-electron chi connectivity index (χ0n) is 10.0. The molecule has 0 spiro atoms. The van der Waals surface area contributed by atoms with Gasteiger partial charge in [-0.15, -0.1) is 0 Å². The highest BCUT2D eigenvalue weighted by atomic mass is 15.0. The van der Waals surface area contributed by atoms with Gasteiger partial charge in [-0.2, -0.15) is 0 Å². The molecule has 0 saturated heterocycles. The van der Waals surface area contributed by atoms with Crippen molar-refractivity contribution in [1.29, 1.82) is 0 Å². The molecule has 0 radical (unpaired) electrons. The van der Waals surface area contributed by atoms with Gasteiger partial charge in [0.25, 0.3) is 0 Å². The molecule has 0 aliphatic carbocycles. The van der Waals surface area contributed by atoms with Crippen LogP contribution in [0.4, 0.5) is 0 Å². The van der Waals surface area contributed by atoms with E-state index in [-0.39, 0.29) is 5.54 Å². The SMILES string of the molecule is CC(C)(C)[n+]1ccc(-c2ccncc2)cc1. The third-order valence-corrected chi connectivity index (χ3v) is 2.62. The number of hydrogen-bond acceptors (Lipinski definition) is 1. The molecule has 0 saturated carbocycles. The van der Waals surface area contributed by atoms with Gasteiger partial charge in [0.05, 0.1) is 0 Å². The summed E-state index contributed by atoms with van der Waals surface area (Å²) in [7, 11) is 0. The second-order valence-corrected chi connectivity index (χ2v) is 4.90. The van der Waals surface area contributed by atoms with Gasteiger partial charge >= 0.3 is 0 Å². The van der Waals surface area contributed by atoms with Crippen LogP contribution in [0.25, 0.3) is 11.1 Å². The largest absolute Gasteiger partial charge is 0.265 e. The van der Waals surface area contributed by atoms with E-state index in [1.807, 2.05) is 24.5 Å². The molecule has 2 aromatic heterocycles. The number of pyridine rings is 2. The summed E-state index contributed by atoms with van der Waals surface area (Å²) in [5.74, 6) is 0. The van der Waals surface area contributed by atoms with E-state index in [0.717, 1.165) is 0 Å². The first kappa shape index (κ1) is 10.8. The molecule has 0 amide bonds. The normalized spacial score (nSPS) is 11.4. The van der Waals surface area contributed by atoms with Crippen LogP contribution < -0.4 is 4.57 Å². The Balaban J connectivity index is 2.34. The summed E-state index contributed by atoms with van der Waals surface area (Å²) in [5, 5.41) is 0. The van der Waals surface area contributed by atoms with E-state index in [1.165, 1.54) is 11.1 Å². The lowest BCUT2D eigenvalue weighted by Crippen LogP contribution is -2.49. The summed E-state index contributed by atoms with van der Waals surface area (Å²) in [6.07, 6.45) is 7.88. The monoisotopic (exact) mass is 213 g/mol. The lowest BCUT2D eigenvalue weighted by Gasteiger charge is -2.12. The Labute approximate surface area is 96.6 Å². The van der Waals surface area contributed by atoms with Crippen LogP contribution in [0, 0.1) is 0 Å². The van der Waals surface area contributed by atoms with Crippen molar-refractivity contribution in [3.05, 3.63) is 49.1 Å². The fourth-order valence-corrected chi connectivity index (χ4v) is 1.61. The van der Waals surface area contributed by atoms with Crippen LogP contribution in [-0.4, -0.2) is 4.98 Å². The van der Waals surface area contributed by atoms with Gasteiger partial charge in [-0.3, -0.25) is 4.98 Å². The Hall–Kier alpha value is -1.70. The molecule has 0 fully saturated rings. The summed E-state index contributed by atoms with van der Waals surface area (Å²) >= 11 is 0. The summed E-state index contributed by atoms with van der Waals surface area (Å²) in [6.45, 7) is 6.58. The second kappa shape index (κ2) is 4.05. The summed E-state index contributed by atoms with van der Waals surface area (Å²) in [4.78, 5) is 4.02. The molecule has 0 atom stereocenters. The first-order chi connectivity index (χ1) is 7.57. The first-order valence-electron chi connectivity index (χ1n) is 5.49. The molecule has 0 N–H and O–H groups in total. The lowest BCUT2D eigenvalue weighted by molar-refractivity contribution is -0.754. The standard InChI is InChI=1S/C14H17N2/c1-14(2,3)16-10-6-13(7-11-16)12-4-8-15-9-5-12/h4-11H,1-3H3/q+1. The fraction of sp³-hybridized carbons (Fsp3) is 0.286. The van der Waals surface area contributed by atoms with Gasteiger partial charge in [-0.05, 0) is 23.3 Å². The van der Waals surface area contributed by atoms with Crippen LogP contribution >= 0.6 is 0 Å². The third kappa shape index (κ3) is 2.27. The predicted molar refractivity (Wildman–Crippen MR) is 64.9 cm³/mol. The van der Waals surface area contributed by atoms with Gasteiger partial charge in [-0.1, -0.05) is 0 Å². The smallest absolute Gasteiger partial charge is 0.169 e. The number of hydrogen-bond donors (Lipinski definition) is 0. The molecule has 2 heterocycles. The van der Waals surface area contributed by atoms with E-state index in [0.29, 0.717) is 0 Å². The Morgan fingerprint density at radius 3 is 1.88 bits per heavy atom. The van der Waals surface area contributed by atoms with Crippen LogP contribution in [-0.2, 0) is 5.54 Å². The molecule has 2 rings (SSSR count). The van der Waals surface area contributed by atoms with Gasteiger partial charge in [0.1, 0.15) is 0 Å². The van der Waals surface area contributed by atoms with Crippen molar-refractivity contribution in [2.75, 3.05) is 0 Å². The van der Waals surface area contributed by atoms with Gasteiger partial charge in [0.15, 0.2) is 17.9 Å². The molecule has 0 aliphatic heterocycles. The highest BCUT2D eigenvalue weighted by molar-refractivity contribution is 5.61. The maximum absolute atomic E-state index is 4.02. The Bertz CT molecular complexity index is 452. The Kier molecular flexibility index (Phi) is 2.73. The number of aromatic nitrogens is 2. The van der Waals surface area contributed by atoms with Crippen molar-refractivity contribution < 1.29 is 4.57 Å². The molecule has 0 unspecified atom stereocenters. The van der Waals surface area contributed by atoms with E-state index in [9.17, 15) is 0 Å². The van der Waals surface area contributed by atoms with Gasteiger partial charge in [-0.25, -0.2) is 4.57 Å². The van der Waals surface area contributed by atoms with Crippen LogP contribution in [0.1, 0.15) is 20.8 Å². The molecule has 2 aromatic rings. The summed E-state index contributed by atoms with van der Waals surface area (Å²) < 4.78 is 2.21. The topological polar surface area (TPSA) is 16.8 Å². The predicted octanol–water partition coefficient (Wildman–Crippen LogP) is 2.79. The fourth-order valence-electron chi connectivity index (χ4n) is 1.61. The van der Waals surface area contributed by atoms with Crippen LogP contribution in [0.5, 0.6) is 0 Å². The van der Waals surface area contributed by atoms with Crippen molar-refractivity contribution >= 4 is 0 Å². The number of nitrogens with zero attached hydrogens (tertiary/aromatic N) is 2. The van der Waals surface area contributed by atoms with Crippen molar-refractivity contribution in [1.82, 2.24) is 4.98 Å². The molecule has 82 valence electrons. The molecule has 0 aromatic carbocycles. The summed E-state index contributed by atoms with van der Waals surface area (Å²) in [6, 6.07) is 8.33. The average molecular weight is 213 g/mol. The van der Waals surface area contributed by atoms with Gasteiger partial charge < -0.3 is 0 Å². The van der Waals surface area contributed by atoms with Crippen LogP contribution in [0.2, 0.25) is 0 Å². The highest BCUT2D eigenvalue weighted by Crippen LogP contribution is 2.16. The minimum atomic E-state index is 0.136. The van der Waals surface area contributed by atoms with E-state index >= 15 is 0 Å². The molecule has 0 aliphatic rings. The van der Waals surface area contributed by atoms with Crippen molar-refractivity contribution in [3.8, 4) is 11.1 Å². The van der Waals surface area contributed by atoms with E-state index < -0.39 is 0 Å². The van der Waals surface area contributed by atoms with Crippen molar-refractivity contribution in [3.63, 3.8) is 0 Å². The minimum Gasteiger partial charge on any atom is -0.265 e. The molecule has 0 bridgehead atoms. The lowest BCUT2D eigenvalue weighted by atomic mass is 10.1. The first-order valence-corrected chi connectivity index (χ1v) is 5.49. The molecule has 2 nitrogen and oxygen atoms in total. The van der Waals surface area contributed by atoms with E-state index in [4.69, 9.17) is 0 Å². The van der Waals surface area contributed by atoms with Crippen molar-refractivity contribution in [2.45, 2.75) is 26.3 Å². The zero-order chi connectivity index (χ0) is 11.6.